The van der Waals surface area contributed by atoms with E-state index < -0.39 is 11.6 Å². The molecule has 4 rings (SSSR count). The summed E-state index contributed by atoms with van der Waals surface area (Å²) >= 11 is 0. The minimum atomic E-state index is -0.787. The maximum Gasteiger partial charge on any atom is 0.291 e. The molecular weight excluding hydrogens is 364 g/mol. The van der Waals surface area contributed by atoms with E-state index in [1.807, 2.05) is 4.90 Å². The normalized spacial score (nSPS) is 21.4. The summed E-state index contributed by atoms with van der Waals surface area (Å²) in [7, 11) is 0. The van der Waals surface area contributed by atoms with Gasteiger partial charge in [0.1, 0.15) is 0 Å². The van der Waals surface area contributed by atoms with Crippen molar-refractivity contribution >= 4 is 5.91 Å². The SMILES string of the molecule is Cc1ncoc1C(=O)N1CCC(C2CCN(Cc3cccc(F)c3F)CC2)C1. The number of likely N-dealkylation sites (tertiary alicyclic amines) is 2. The van der Waals surface area contributed by atoms with Crippen molar-refractivity contribution in [3.63, 3.8) is 0 Å². The topological polar surface area (TPSA) is 49.6 Å². The van der Waals surface area contributed by atoms with Gasteiger partial charge in [-0.1, -0.05) is 12.1 Å². The van der Waals surface area contributed by atoms with Gasteiger partial charge in [0.2, 0.25) is 5.76 Å². The molecule has 2 saturated heterocycles. The number of piperidine rings is 1. The van der Waals surface area contributed by atoms with Gasteiger partial charge in [-0.2, -0.15) is 0 Å². The van der Waals surface area contributed by atoms with Crippen molar-refractivity contribution < 1.29 is 18.0 Å². The van der Waals surface area contributed by atoms with E-state index in [-0.39, 0.29) is 5.91 Å². The van der Waals surface area contributed by atoms with E-state index in [9.17, 15) is 13.6 Å². The first kappa shape index (κ1) is 19.1. The quantitative estimate of drug-likeness (QED) is 0.801. The number of hydrogen-bond acceptors (Lipinski definition) is 4. The van der Waals surface area contributed by atoms with Crippen LogP contribution >= 0.6 is 0 Å². The number of amides is 1. The smallest absolute Gasteiger partial charge is 0.291 e. The summed E-state index contributed by atoms with van der Waals surface area (Å²) in [5, 5.41) is 0. The summed E-state index contributed by atoms with van der Waals surface area (Å²) in [6.07, 6.45) is 4.35. The highest BCUT2D eigenvalue weighted by Crippen LogP contribution is 2.33. The minimum Gasteiger partial charge on any atom is -0.438 e. The zero-order valence-corrected chi connectivity index (χ0v) is 16.0. The lowest BCUT2D eigenvalue weighted by molar-refractivity contribution is 0.0740. The van der Waals surface area contributed by atoms with Gasteiger partial charge in [0.25, 0.3) is 5.91 Å². The molecule has 150 valence electrons. The highest BCUT2D eigenvalue weighted by Gasteiger charge is 2.35. The standard InChI is InChI=1S/C21H25F2N3O2/c1-14-20(28-13-24-14)21(27)26-10-7-16(12-26)15-5-8-25(9-6-15)11-17-3-2-4-18(22)19(17)23/h2-4,13,15-16H,5-12H2,1H3. The summed E-state index contributed by atoms with van der Waals surface area (Å²) < 4.78 is 32.5. The van der Waals surface area contributed by atoms with E-state index in [4.69, 9.17) is 4.42 Å². The second-order valence-corrected chi connectivity index (χ2v) is 7.89. The Morgan fingerprint density at radius 3 is 2.64 bits per heavy atom. The number of hydrogen-bond donors (Lipinski definition) is 0. The van der Waals surface area contributed by atoms with Crippen molar-refractivity contribution in [3.8, 4) is 0 Å². The fraction of sp³-hybridized carbons (Fsp3) is 0.524. The molecule has 2 fully saturated rings. The fourth-order valence-corrected chi connectivity index (χ4v) is 4.50. The van der Waals surface area contributed by atoms with Crippen LogP contribution in [-0.4, -0.2) is 46.9 Å². The first-order chi connectivity index (χ1) is 13.5. The number of halogens is 2. The predicted molar refractivity (Wildman–Crippen MR) is 99.6 cm³/mol. The Balaban J connectivity index is 1.29. The van der Waals surface area contributed by atoms with Crippen molar-refractivity contribution in [2.45, 2.75) is 32.7 Å². The molecule has 2 aromatic rings. The van der Waals surface area contributed by atoms with E-state index in [0.29, 0.717) is 35.4 Å². The number of nitrogens with zero attached hydrogens (tertiary/aromatic N) is 3. The molecule has 0 bridgehead atoms. The first-order valence-electron chi connectivity index (χ1n) is 9.87. The molecule has 2 aliphatic rings. The molecule has 0 radical (unpaired) electrons. The highest BCUT2D eigenvalue weighted by molar-refractivity contribution is 5.92. The van der Waals surface area contributed by atoms with E-state index in [1.165, 1.54) is 6.39 Å². The lowest BCUT2D eigenvalue weighted by Gasteiger charge is -2.34. The van der Waals surface area contributed by atoms with Crippen molar-refractivity contribution in [3.05, 3.63) is 53.2 Å². The number of aromatic nitrogens is 1. The van der Waals surface area contributed by atoms with E-state index >= 15 is 0 Å². The number of aryl methyl sites for hydroxylation is 1. The monoisotopic (exact) mass is 389 g/mol. The van der Waals surface area contributed by atoms with E-state index in [0.717, 1.165) is 51.5 Å². The second kappa shape index (κ2) is 7.99. The average Bonchev–Trinajstić information content (AvgIpc) is 3.35. The predicted octanol–water partition coefficient (Wildman–Crippen LogP) is 3.64. The number of benzene rings is 1. The van der Waals surface area contributed by atoms with Crippen LogP contribution in [-0.2, 0) is 6.54 Å². The minimum absolute atomic E-state index is 0.0727. The molecule has 0 spiro atoms. The lowest BCUT2D eigenvalue weighted by Crippen LogP contribution is -2.37. The third-order valence-electron chi connectivity index (χ3n) is 6.18. The van der Waals surface area contributed by atoms with Crippen LogP contribution in [0.5, 0.6) is 0 Å². The Bertz CT molecular complexity index is 846. The molecule has 1 amide bonds. The summed E-state index contributed by atoms with van der Waals surface area (Å²) in [5.41, 5.74) is 1.05. The van der Waals surface area contributed by atoms with E-state index in [2.05, 4.69) is 9.88 Å². The van der Waals surface area contributed by atoms with Gasteiger partial charge >= 0.3 is 0 Å². The molecular formula is C21H25F2N3O2. The van der Waals surface area contributed by atoms with Crippen LogP contribution < -0.4 is 0 Å². The maximum absolute atomic E-state index is 13.9. The van der Waals surface area contributed by atoms with Gasteiger partial charge in [-0.25, -0.2) is 13.8 Å². The van der Waals surface area contributed by atoms with Crippen LogP contribution in [0, 0.1) is 30.4 Å². The van der Waals surface area contributed by atoms with Gasteiger partial charge in [0, 0.05) is 25.2 Å². The molecule has 0 N–H and O–H groups in total. The number of rotatable bonds is 4. The Morgan fingerprint density at radius 1 is 1.18 bits per heavy atom. The summed E-state index contributed by atoms with van der Waals surface area (Å²) in [4.78, 5) is 20.6. The molecule has 1 unspecified atom stereocenters. The Labute approximate surface area is 163 Å². The van der Waals surface area contributed by atoms with Crippen LogP contribution in [0.3, 0.4) is 0 Å². The van der Waals surface area contributed by atoms with Crippen molar-refractivity contribution in [1.29, 1.82) is 0 Å². The fourth-order valence-electron chi connectivity index (χ4n) is 4.50. The van der Waals surface area contributed by atoms with Gasteiger partial charge in [-0.05, 0) is 57.2 Å². The zero-order chi connectivity index (χ0) is 19.7. The molecule has 28 heavy (non-hydrogen) atoms. The average molecular weight is 389 g/mol. The third-order valence-corrected chi connectivity index (χ3v) is 6.18. The van der Waals surface area contributed by atoms with Crippen LogP contribution in [0.4, 0.5) is 8.78 Å². The zero-order valence-electron chi connectivity index (χ0n) is 16.0. The van der Waals surface area contributed by atoms with Crippen molar-refractivity contribution in [2.24, 2.45) is 11.8 Å². The molecule has 0 saturated carbocycles. The Morgan fingerprint density at radius 2 is 1.93 bits per heavy atom. The first-order valence-corrected chi connectivity index (χ1v) is 9.87. The molecule has 7 heteroatoms. The Hall–Kier alpha value is -2.28. The highest BCUT2D eigenvalue weighted by atomic mass is 19.2. The Kier molecular flexibility index (Phi) is 5.44. The van der Waals surface area contributed by atoms with Crippen molar-refractivity contribution in [2.75, 3.05) is 26.2 Å². The molecule has 5 nitrogen and oxygen atoms in total. The number of carbonyl (C=O) groups excluding carboxylic acids is 1. The van der Waals surface area contributed by atoms with Gasteiger partial charge < -0.3 is 9.32 Å². The molecule has 1 aromatic heterocycles. The van der Waals surface area contributed by atoms with Crippen LogP contribution in [0.1, 0.15) is 41.1 Å². The molecule has 3 heterocycles. The van der Waals surface area contributed by atoms with Gasteiger partial charge in [0.15, 0.2) is 18.0 Å². The molecule has 1 atom stereocenters. The maximum atomic E-state index is 13.9. The molecule has 2 aliphatic heterocycles. The number of oxazole rings is 1. The lowest BCUT2D eigenvalue weighted by atomic mass is 9.83. The van der Waals surface area contributed by atoms with E-state index in [1.54, 1.807) is 19.1 Å². The van der Waals surface area contributed by atoms with Gasteiger partial charge in [-0.3, -0.25) is 9.69 Å². The van der Waals surface area contributed by atoms with Crippen LogP contribution in [0.15, 0.2) is 29.0 Å². The summed E-state index contributed by atoms with van der Waals surface area (Å²) in [5.74, 6) is -0.214. The molecule has 0 aliphatic carbocycles. The summed E-state index contributed by atoms with van der Waals surface area (Å²) in [6.45, 7) is 5.46. The van der Waals surface area contributed by atoms with Gasteiger partial charge in [-0.15, -0.1) is 0 Å². The van der Waals surface area contributed by atoms with Crippen molar-refractivity contribution in [1.82, 2.24) is 14.8 Å². The third kappa shape index (κ3) is 3.81. The second-order valence-electron chi connectivity index (χ2n) is 7.89. The summed E-state index contributed by atoms with van der Waals surface area (Å²) in [6, 6.07) is 4.36. The van der Waals surface area contributed by atoms with Gasteiger partial charge in [0.05, 0.1) is 5.69 Å². The van der Waals surface area contributed by atoms with Crippen LogP contribution in [0.2, 0.25) is 0 Å². The number of carbonyl (C=O) groups is 1. The van der Waals surface area contributed by atoms with Crippen LogP contribution in [0.25, 0.3) is 0 Å². The molecule has 1 aromatic carbocycles. The largest absolute Gasteiger partial charge is 0.438 e.